The van der Waals surface area contributed by atoms with Crippen molar-refractivity contribution in [2.24, 2.45) is 23.0 Å². The van der Waals surface area contributed by atoms with Crippen LogP contribution in [0.1, 0.15) is 20.3 Å². The summed E-state index contributed by atoms with van der Waals surface area (Å²) < 4.78 is 0. The molecule has 0 saturated heterocycles. The second kappa shape index (κ2) is 0.971. The predicted octanol–water partition coefficient (Wildman–Crippen LogP) is 0.990. The molecule has 2 aliphatic rings. The van der Waals surface area contributed by atoms with Crippen molar-refractivity contribution in [3.63, 3.8) is 0 Å². The lowest BCUT2D eigenvalue weighted by Gasteiger charge is -2.37. The highest BCUT2D eigenvalue weighted by molar-refractivity contribution is 5.19. The molecule has 0 spiro atoms. The SMILES string of the molecule is C[C@@H]1[C@H](N)[C@H]2C[C@@]12C. The van der Waals surface area contributed by atoms with Crippen molar-refractivity contribution in [1.29, 1.82) is 0 Å². The van der Waals surface area contributed by atoms with Crippen LogP contribution in [-0.2, 0) is 0 Å². The Morgan fingerprint density at radius 3 is 2.38 bits per heavy atom. The Morgan fingerprint density at radius 2 is 2.25 bits per heavy atom. The molecule has 1 nitrogen and oxygen atoms in total. The molecule has 0 heterocycles. The van der Waals surface area contributed by atoms with Gasteiger partial charge in [0.25, 0.3) is 0 Å². The number of nitrogens with two attached hydrogens (primary N) is 1. The van der Waals surface area contributed by atoms with Gasteiger partial charge in [-0.05, 0) is 23.7 Å². The van der Waals surface area contributed by atoms with Crippen molar-refractivity contribution in [3.05, 3.63) is 0 Å². The molecule has 8 heavy (non-hydrogen) atoms. The van der Waals surface area contributed by atoms with Gasteiger partial charge >= 0.3 is 0 Å². The fourth-order valence-electron chi connectivity index (χ4n) is 2.18. The van der Waals surface area contributed by atoms with E-state index in [2.05, 4.69) is 13.8 Å². The highest BCUT2D eigenvalue weighted by Gasteiger charge is 2.67. The van der Waals surface area contributed by atoms with Crippen molar-refractivity contribution in [3.8, 4) is 0 Å². The van der Waals surface area contributed by atoms with Crippen LogP contribution in [0.5, 0.6) is 0 Å². The Bertz CT molecular complexity index is 132. The zero-order chi connectivity index (χ0) is 5.94. The molecule has 1 heteroatoms. The van der Waals surface area contributed by atoms with Gasteiger partial charge in [0.05, 0.1) is 0 Å². The molecule has 46 valence electrons. The normalized spacial score (nSPS) is 68.6. The van der Waals surface area contributed by atoms with Crippen molar-refractivity contribution < 1.29 is 0 Å². The van der Waals surface area contributed by atoms with E-state index in [0.717, 1.165) is 11.8 Å². The van der Waals surface area contributed by atoms with Crippen LogP contribution in [0.3, 0.4) is 0 Å². The van der Waals surface area contributed by atoms with Crippen LogP contribution in [0.25, 0.3) is 0 Å². The molecule has 4 atom stereocenters. The summed E-state index contributed by atoms with van der Waals surface area (Å²) in [6.07, 6.45) is 1.40. The summed E-state index contributed by atoms with van der Waals surface area (Å²) in [6.45, 7) is 4.62. The highest BCUT2D eigenvalue weighted by atomic mass is 14.9. The van der Waals surface area contributed by atoms with E-state index in [1.165, 1.54) is 6.42 Å². The van der Waals surface area contributed by atoms with Gasteiger partial charge in [0.1, 0.15) is 0 Å². The van der Waals surface area contributed by atoms with Crippen LogP contribution < -0.4 is 5.73 Å². The lowest BCUT2D eigenvalue weighted by molar-refractivity contribution is 0.157. The molecule has 0 aliphatic heterocycles. The van der Waals surface area contributed by atoms with E-state index in [0.29, 0.717) is 11.5 Å². The first-order chi connectivity index (χ1) is 3.66. The second-order valence-corrected chi connectivity index (χ2v) is 3.68. The van der Waals surface area contributed by atoms with Gasteiger partial charge in [0.2, 0.25) is 0 Å². The number of rotatable bonds is 0. The van der Waals surface area contributed by atoms with Gasteiger partial charge in [-0.15, -0.1) is 0 Å². The molecule has 2 saturated carbocycles. The molecule has 0 aromatic heterocycles. The summed E-state index contributed by atoms with van der Waals surface area (Å²) in [5, 5.41) is 0. The monoisotopic (exact) mass is 111 g/mol. The topological polar surface area (TPSA) is 26.0 Å². The first-order valence-corrected chi connectivity index (χ1v) is 3.42. The number of hydrogen-bond acceptors (Lipinski definition) is 1. The summed E-state index contributed by atoms with van der Waals surface area (Å²) in [5.74, 6) is 1.70. The molecule has 0 aromatic carbocycles. The van der Waals surface area contributed by atoms with Gasteiger partial charge in [0.15, 0.2) is 0 Å². The molecule has 0 bridgehead atoms. The van der Waals surface area contributed by atoms with E-state index < -0.39 is 0 Å². The van der Waals surface area contributed by atoms with E-state index in [1.54, 1.807) is 0 Å². The van der Waals surface area contributed by atoms with E-state index in [9.17, 15) is 0 Å². The van der Waals surface area contributed by atoms with Crippen LogP contribution in [0, 0.1) is 17.3 Å². The summed E-state index contributed by atoms with van der Waals surface area (Å²) in [5.41, 5.74) is 6.49. The van der Waals surface area contributed by atoms with Gasteiger partial charge in [-0.2, -0.15) is 0 Å². The Kier molecular flexibility index (Phi) is 0.583. The van der Waals surface area contributed by atoms with Crippen molar-refractivity contribution in [1.82, 2.24) is 0 Å². The third-order valence-electron chi connectivity index (χ3n) is 3.43. The number of hydrogen-bond donors (Lipinski definition) is 1. The minimum absolute atomic E-state index is 0.542. The van der Waals surface area contributed by atoms with E-state index in [4.69, 9.17) is 5.73 Å². The fraction of sp³-hybridized carbons (Fsp3) is 1.00. The molecule has 2 rings (SSSR count). The zero-order valence-electron chi connectivity index (χ0n) is 5.52. The largest absolute Gasteiger partial charge is 0.327 e. The molecule has 2 aliphatic carbocycles. The van der Waals surface area contributed by atoms with E-state index >= 15 is 0 Å². The van der Waals surface area contributed by atoms with Crippen LogP contribution in [0.15, 0.2) is 0 Å². The summed E-state index contributed by atoms with van der Waals surface area (Å²) in [6, 6.07) is 0.542. The number of fused-ring (bicyclic) bond motifs is 1. The fourth-order valence-corrected chi connectivity index (χ4v) is 2.18. The first kappa shape index (κ1) is 4.80. The molecule has 0 amide bonds. The molecule has 0 unspecified atom stereocenters. The van der Waals surface area contributed by atoms with Gasteiger partial charge in [-0.25, -0.2) is 0 Å². The van der Waals surface area contributed by atoms with Gasteiger partial charge < -0.3 is 5.73 Å². The standard InChI is InChI=1S/C7H13N/c1-4-6(8)5-3-7(4,5)2/h4-6H,3,8H2,1-2H3/t4-,5-,6+,7+/m1/s1. The predicted molar refractivity (Wildman–Crippen MR) is 33.4 cm³/mol. The zero-order valence-corrected chi connectivity index (χ0v) is 5.52. The highest BCUT2D eigenvalue weighted by Crippen LogP contribution is 2.69. The van der Waals surface area contributed by atoms with Crippen LogP contribution in [0.2, 0.25) is 0 Å². The summed E-state index contributed by atoms with van der Waals surface area (Å²) in [4.78, 5) is 0. The smallest absolute Gasteiger partial charge is 0.0104 e. The Hall–Kier alpha value is -0.0400. The Balaban J connectivity index is 2.16. The maximum atomic E-state index is 5.79. The van der Waals surface area contributed by atoms with Gasteiger partial charge in [-0.3, -0.25) is 0 Å². The average Bonchev–Trinajstić information content (AvgIpc) is 2.39. The van der Waals surface area contributed by atoms with E-state index in [1.807, 2.05) is 0 Å². The van der Waals surface area contributed by atoms with Crippen LogP contribution in [-0.4, -0.2) is 6.04 Å². The van der Waals surface area contributed by atoms with Crippen molar-refractivity contribution in [2.75, 3.05) is 0 Å². The molecule has 2 fully saturated rings. The lowest BCUT2D eigenvalue weighted by Crippen LogP contribution is -2.46. The third kappa shape index (κ3) is 0.278. The lowest BCUT2D eigenvalue weighted by atomic mass is 9.72. The van der Waals surface area contributed by atoms with E-state index in [-0.39, 0.29) is 0 Å². The maximum Gasteiger partial charge on any atom is 0.0104 e. The molecule has 2 N–H and O–H groups in total. The van der Waals surface area contributed by atoms with Crippen LogP contribution >= 0.6 is 0 Å². The molecular formula is C7H13N. The molecular weight excluding hydrogens is 98.1 g/mol. The van der Waals surface area contributed by atoms with Crippen molar-refractivity contribution >= 4 is 0 Å². The molecule has 0 aromatic rings. The average molecular weight is 111 g/mol. The Morgan fingerprint density at radius 1 is 1.62 bits per heavy atom. The first-order valence-electron chi connectivity index (χ1n) is 3.42. The summed E-state index contributed by atoms with van der Waals surface area (Å²) in [7, 11) is 0. The second-order valence-electron chi connectivity index (χ2n) is 3.68. The van der Waals surface area contributed by atoms with Gasteiger partial charge in [-0.1, -0.05) is 13.8 Å². The quantitative estimate of drug-likeness (QED) is 0.495. The van der Waals surface area contributed by atoms with Crippen LogP contribution in [0.4, 0.5) is 0 Å². The van der Waals surface area contributed by atoms with Crippen molar-refractivity contribution in [2.45, 2.75) is 26.3 Å². The molecule has 0 radical (unpaired) electrons. The summed E-state index contributed by atoms with van der Waals surface area (Å²) >= 11 is 0. The minimum Gasteiger partial charge on any atom is -0.327 e. The minimum atomic E-state index is 0.542. The van der Waals surface area contributed by atoms with Gasteiger partial charge in [0, 0.05) is 6.04 Å². The maximum absolute atomic E-state index is 5.79. The Labute approximate surface area is 50.3 Å². The third-order valence-corrected chi connectivity index (χ3v) is 3.43.